The van der Waals surface area contributed by atoms with Crippen LogP contribution in [0.3, 0.4) is 0 Å². The zero-order valence-corrected chi connectivity index (χ0v) is 18.1. The average molecular weight is 460 g/mol. The number of oxazole rings is 1. The van der Waals surface area contributed by atoms with Crippen molar-refractivity contribution in [3.63, 3.8) is 0 Å². The number of hydrogen-bond acceptors (Lipinski definition) is 8. The smallest absolute Gasteiger partial charge is 0.358 e. The summed E-state index contributed by atoms with van der Waals surface area (Å²) in [5.41, 5.74) is 5.95. The van der Waals surface area contributed by atoms with E-state index < -0.39 is 5.97 Å². The number of anilines is 1. The Bertz CT molecular complexity index is 1230. The molecular formula is C20H18ClN5O4S. The number of rotatable bonds is 5. The minimum Gasteiger partial charge on any atom is -0.476 e. The van der Waals surface area contributed by atoms with Crippen molar-refractivity contribution >= 4 is 40.5 Å². The minimum atomic E-state index is -1.12. The van der Waals surface area contributed by atoms with E-state index in [4.69, 9.17) is 26.9 Å². The van der Waals surface area contributed by atoms with Crippen LogP contribution in [0.25, 0.3) is 11.3 Å². The summed E-state index contributed by atoms with van der Waals surface area (Å²) in [6.07, 6.45) is 1.50. The highest BCUT2D eigenvalue weighted by Gasteiger charge is 2.19. The standard InChI is InChI=1S/C11H8ClNO3.C9H10N4OS/c1-6-13-9(11(14)15)10(16-6)7-3-2-4-8(12)5-7;1-6(14)8-3-2-7(15-8)5-13-11-4-9(10)12-13/h2-5H,1H3,(H,14,15);2-4H,5H2,1H3,(H2,10,12). The van der Waals surface area contributed by atoms with Crippen molar-refractivity contribution in [2.45, 2.75) is 20.4 Å². The van der Waals surface area contributed by atoms with Crippen LogP contribution in [0.15, 0.2) is 47.0 Å². The van der Waals surface area contributed by atoms with E-state index in [9.17, 15) is 9.59 Å². The molecule has 0 spiro atoms. The number of thiophene rings is 1. The molecule has 11 heteroatoms. The second-order valence-electron chi connectivity index (χ2n) is 6.35. The third-order valence-corrected chi connectivity index (χ3v) is 5.29. The molecule has 0 aliphatic heterocycles. The number of ketones is 1. The number of hydrogen-bond donors (Lipinski definition) is 2. The second kappa shape index (κ2) is 9.54. The third kappa shape index (κ3) is 5.77. The number of nitrogen functional groups attached to an aromatic ring is 1. The molecule has 1 aromatic carbocycles. The first-order valence-corrected chi connectivity index (χ1v) is 10.1. The van der Waals surface area contributed by atoms with Crippen LogP contribution in [0.1, 0.15) is 37.9 Å². The summed E-state index contributed by atoms with van der Waals surface area (Å²) in [4.78, 5) is 29.1. The lowest BCUT2D eigenvalue weighted by molar-refractivity contribution is 0.0691. The molecule has 160 valence electrons. The predicted octanol–water partition coefficient (Wildman–Crippen LogP) is 4.17. The largest absolute Gasteiger partial charge is 0.476 e. The van der Waals surface area contributed by atoms with Crippen LogP contribution in [0, 0.1) is 6.92 Å². The van der Waals surface area contributed by atoms with Crippen LogP contribution in [-0.2, 0) is 6.54 Å². The molecule has 31 heavy (non-hydrogen) atoms. The number of benzene rings is 1. The van der Waals surface area contributed by atoms with Gasteiger partial charge in [0.05, 0.1) is 17.6 Å². The molecule has 0 atom stereocenters. The van der Waals surface area contributed by atoms with E-state index in [1.54, 1.807) is 38.1 Å². The molecule has 0 aliphatic rings. The highest BCUT2D eigenvalue weighted by molar-refractivity contribution is 7.14. The first-order valence-electron chi connectivity index (χ1n) is 8.95. The van der Waals surface area contributed by atoms with E-state index >= 15 is 0 Å². The summed E-state index contributed by atoms with van der Waals surface area (Å²) in [6, 6.07) is 10.5. The number of Topliss-reactive ketones (excluding diaryl/α,β-unsaturated/α-hetero) is 1. The molecule has 9 nitrogen and oxygen atoms in total. The van der Waals surface area contributed by atoms with Gasteiger partial charge in [-0.05, 0) is 31.2 Å². The van der Waals surface area contributed by atoms with Crippen LogP contribution in [0.5, 0.6) is 0 Å². The Morgan fingerprint density at radius 2 is 2.06 bits per heavy atom. The van der Waals surface area contributed by atoms with Crippen LogP contribution in [0.4, 0.5) is 5.82 Å². The van der Waals surface area contributed by atoms with Gasteiger partial charge in [-0.3, -0.25) is 4.79 Å². The fourth-order valence-corrected chi connectivity index (χ4v) is 3.64. The number of halogens is 1. The normalized spacial score (nSPS) is 10.4. The van der Waals surface area contributed by atoms with Gasteiger partial charge in [0, 0.05) is 22.4 Å². The zero-order chi connectivity index (χ0) is 22.5. The highest BCUT2D eigenvalue weighted by atomic mass is 35.5. The summed E-state index contributed by atoms with van der Waals surface area (Å²) in [6.45, 7) is 3.70. The van der Waals surface area contributed by atoms with Gasteiger partial charge in [0.2, 0.25) is 0 Å². The van der Waals surface area contributed by atoms with Crippen molar-refractivity contribution in [3.05, 3.63) is 69.0 Å². The molecule has 0 unspecified atom stereocenters. The van der Waals surface area contributed by atoms with Gasteiger partial charge in [0.25, 0.3) is 0 Å². The third-order valence-electron chi connectivity index (χ3n) is 3.88. The molecule has 4 rings (SSSR count). The van der Waals surface area contributed by atoms with Crippen LogP contribution < -0.4 is 5.73 Å². The fraction of sp³-hybridized carbons (Fsp3) is 0.150. The van der Waals surface area contributed by atoms with Crippen molar-refractivity contribution < 1.29 is 19.1 Å². The molecule has 3 N–H and O–H groups in total. The van der Waals surface area contributed by atoms with Gasteiger partial charge in [0.1, 0.15) is 0 Å². The molecule has 0 bridgehead atoms. The molecule has 3 heterocycles. The summed E-state index contributed by atoms with van der Waals surface area (Å²) in [7, 11) is 0. The molecule has 0 fully saturated rings. The molecular weight excluding hydrogens is 442 g/mol. The van der Waals surface area contributed by atoms with Gasteiger partial charge < -0.3 is 15.3 Å². The van der Waals surface area contributed by atoms with Crippen molar-refractivity contribution in [1.29, 1.82) is 0 Å². The number of nitrogens with zero attached hydrogens (tertiary/aromatic N) is 4. The Hall–Kier alpha value is -3.50. The summed E-state index contributed by atoms with van der Waals surface area (Å²) >= 11 is 7.28. The highest BCUT2D eigenvalue weighted by Crippen LogP contribution is 2.27. The maximum atomic E-state index is 11.1. The molecule has 0 amide bonds. The molecule has 0 aliphatic carbocycles. The fourth-order valence-electron chi connectivity index (χ4n) is 2.58. The monoisotopic (exact) mass is 459 g/mol. The minimum absolute atomic E-state index is 0.0826. The lowest BCUT2D eigenvalue weighted by Crippen LogP contribution is -2.02. The van der Waals surface area contributed by atoms with E-state index in [0.29, 0.717) is 28.8 Å². The number of carboxylic acid groups (broad SMARTS) is 1. The topological polar surface area (TPSA) is 137 Å². The van der Waals surface area contributed by atoms with Crippen LogP contribution in [0.2, 0.25) is 5.02 Å². The maximum Gasteiger partial charge on any atom is 0.358 e. The van der Waals surface area contributed by atoms with Crippen LogP contribution >= 0.6 is 22.9 Å². The Balaban J connectivity index is 0.000000176. The summed E-state index contributed by atoms with van der Waals surface area (Å²) in [5, 5.41) is 17.4. The van der Waals surface area contributed by atoms with Gasteiger partial charge in [0.15, 0.2) is 28.9 Å². The van der Waals surface area contributed by atoms with E-state index in [2.05, 4.69) is 15.2 Å². The Kier molecular flexibility index (Phi) is 6.83. The number of carbonyl (C=O) groups is 2. The van der Waals surface area contributed by atoms with Gasteiger partial charge >= 0.3 is 5.97 Å². The molecule has 0 radical (unpaired) electrons. The molecule has 4 aromatic rings. The number of aryl methyl sites for hydroxylation is 1. The first kappa shape index (κ1) is 22.2. The van der Waals surface area contributed by atoms with Crippen molar-refractivity contribution in [2.75, 3.05) is 5.73 Å². The van der Waals surface area contributed by atoms with E-state index in [0.717, 1.165) is 9.75 Å². The van der Waals surface area contributed by atoms with Gasteiger partial charge in [-0.2, -0.15) is 9.90 Å². The van der Waals surface area contributed by atoms with Crippen molar-refractivity contribution in [3.8, 4) is 11.3 Å². The summed E-state index contributed by atoms with van der Waals surface area (Å²) < 4.78 is 5.27. The van der Waals surface area contributed by atoms with Crippen molar-refractivity contribution in [2.24, 2.45) is 0 Å². The van der Waals surface area contributed by atoms with Gasteiger partial charge in [-0.25, -0.2) is 9.78 Å². The Morgan fingerprint density at radius 3 is 2.65 bits per heavy atom. The number of carboxylic acids is 1. The lowest BCUT2D eigenvalue weighted by Gasteiger charge is -1.98. The first-order chi connectivity index (χ1) is 14.7. The molecule has 3 aromatic heterocycles. The molecule has 0 saturated carbocycles. The SMILES string of the molecule is CC(=O)c1ccc(Cn2ncc(N)n2)s1.Cc1nc(C(=O)O)c(-c2cccc(Cl)c2)o1. The average Bonchev–Trinajstić information content (AvgIpc) is 3.43. The Morgan fingerprint density at radius 1 is 1.29 bits per heavy atom. The van der Waals surface area contributed by atoms with Gasteiger partial charge in [-0.15, -0.1) is 16.4 Å². The quantitative estimate of drug-likeness (QED) is 0.424. The number of carbonyl (C=O) groups excluding carboxylic acids is 1. The van der Waals surface area contributed by atoms with Crippen molar-refractivity contribution in [1.82, 2.24) is 20.0 Å². The zero-order valence-electron chi connectivity index (χ0n) is 16.6. The van der Waals surface area contributed by atoms with E-state index in [1.807, 2.05) is 12.1 Å². The summed E-state index contributed by atoms with van der Waals surface area (Å²) in [5.74, 6) is -0.0933. The molecule has 0 saturated heterocycles. The number of aromatic nitrogens is 4. The van der Waals surface area contributed by atoms with E-state index in [1.165, 1.54) is 22.3 Å². The maximum absolute atomic E-state index is 11.1. The van der Waals surface area contributed by atoms with Crippen LogP contribution in [-0.4, -0.2) is 36.8 Å². The van der Waals surface area contributed by atoms with E-state index in [-0.39, 0.29) is 17.2 Å². The second-order valence-corrected chi connectivity index (χ2v) is 7.95. The lowest BCUT2D eigenvalue weighted by atomic mass is 10.1. The van der Waals surface area contributed by atoms with Gasteiger partial charge in [-0.1, -0.05) is 23.7 Å². The number of nitrogens with two attached hydrogens (primary N) is 1. The predicted molar refractivity (Wildman–Crippen MR) is 117 cm³/mol. The Labute approximate surface area is 186 Å². The number of aromatic carboxylic acids is 1.